The van der Waals surface area contributed by atoms with Crippen molar-refractivity contribution in [3.8, 4) is 6.07 Å². The topological polar surface area (TPSA) is 53.3 Å². The molecule has 0 aromatic heterocycles. The van der Waals surface area contributed by atoms with Crippen LogP contribution in [0.5, 0.6) is 0 Å². The lowest BCUT2D eigenvalue weighted by atomic mass is 9.84. The largest absolute Gasteiger partial charge is 0.444 e. The number of carbonyl (C=O) groups excluding carboxylic acids is 1. The summed E-state index contributed by atoms with van der Waals surface area (Å²) in [5.41, 5.74) is 1.03. The quantitative estimate of drug-likeness (QED) is 0.565. The van der Waals surface area contributed by atoms with Crippen molar-refractivity contribution in [3.05, 3.63) is 11.6 Å². The van der Waals surface area contributed by atoms with Gasteiger partial charge in [-0.15, -0.1) is 0 Å². The van der Waals surface area contributed by atoms with Gasteiger partial charge in [0.15, 0.2) is 0 Å². The van der Waals surface area contributed by atoms with Crippen LogP contribution in [0.4, 0.5) is 4.79 Å². The molecule has 0 aliphatic carbocycles. The van der Waals surface area contributed by atoms with Crippen LogP contribution in [0.2, 0.25) is 0 Å². The molecule has 22 heavy (non-hydrogen) atoms. The first-order valence-electron chi connectivity index (χ1n) is 8.48. The lowest BCUT2D eigenvalue weighted by Gasteiger charge is -2.45. The van der Waals surface area contributed by atoms with Gasteiger partial charge in [0.05, 0.1) is 12.1 Å². The van der Waals surface area contributed by atoms with Gasteiger partial charge in [0.25, 0.3) is 0 Å². The number of carbonyl (C=O) groups is 1. The normalized spacial score (nSPS) is 24.5. The zero-order chi connectivity index (χ0) is 16.2. The predicted octanol–water partition coefficient (Wildman–Crippen LogP) is 4.56. The Balaban J connectivity index is 1.99. The number of nitrogens with zero attached hydrogens (tertiary/aromatic N) is 2. The number of fused-ring (bicyclic) bond motifs is 2. The zero-order valence-electron chi connectivity index (χ0n) is 14.1. The molecule has 4 nitrogen and oxygen atoms in total. The molecule has 1 amide bonds. The van der Waals surface area contributed by atoms with E-state index in [1.165, 1.54) is 12.0 Å². The summed E-state index contributed by atoms with van der Waals surface area (Å²) in [6.07, 6.45) is 10.1. The Morgan fingerprint density at radius 3 is 2.82 bits per heavy atom. The van der Waals surface area contributed by atoms with E-state index in [0.29, 0.717) is 12.5 Å². The Bertz CT molecular complexity index is 470. The summed E-state index contributed by atoms with van der Waals surface area (Å²) in [4.78, 5) is 14.4. The smallest absolute Gasteiger partial charge is 0.411 e. The maximum Gasteiger partial charge on any atom is 0.411 e. The molecule has 0 radical (unpaired) electrons. The average molecular weight is 304 g/mol. The van der Waals surface area contributed by atoms with Crippen LogP contribution in [0, 0.1) is 11.3 Å². The van der Waals surface area contributed by atoms with Crippen LogP contribution in [0.15, 0.2) is 11.6 Å². The summed E-state index contributed by atoms with van der Waals surface area (Å²) in [7, 11) is 0. The van der Waals surface area contributed by atoms with E-state index >= 15 is 0 Å². The van der Waals surface area contributed by atoms with E-state index < -0.39 is 5.60 Å². The predicted molar refractivity (Wildman–Crippen MR) is 86.3 cm³/mol. The van der Waals surface area contributed by atoms with Crippen molar-refractivity contribution < 1.29 is 9.53 Å². The van der Waals surface area contributed by atoms with Crippen LogP contribution in [0.25, 0.3) is 0 Å². The van der Waals surface area contributed by atoms with E-state index in [2.05, 4.69) is 12.1 Å². The minimum Gasteiger partial charge on any atom is -0.444 e. The van der Waals surface area contributed by atoms with Crippen LogP contribution in [0.3, 0.4) is 0 Å². The Hall–Kier alpha value is -1.50. The molecule has 0 aromatic carbocycles. The van der Waals surface area contributed by atoms with Gasteiger partial charge in [0, 0.05) is 12.5 Å². The molecule has 2 aliphatic heterocycles. The third-order valence-corrected chi connectivity index (χ3v) is 4.35. The molecule has 0 N–H and O–H groups in total. The molecule has 2 rings (SSSR count). The highest BCUT2D eigenvalue weighted by molar-refractivity contribution is 5.70. The Morgan fingerprint density at radius 1 is 1.41 bits per heavy atom. The van der Waals surface area contributed by atoms with E-state index in [4.69, 9.17) is 10.00 Å². The van der Waals surface area contributed by atoms with E-state index in [1.54, 1.807) is 0 Å². The fourth-order valence-corrected chi connectivity index (χ4v) is 3.46. The molecule has 4 heteroatoms. The second kappa shape index (κ2) is 7.17. The molecule has 2 bridgehead atoms. The van der Waals surface area contributed by atoms with Gasteiger partial charge in [-0.3, -0.25) is 4.90 Å². The summed E-state index contributed by atoms with van der Waals surface area (Å²) in [5, 5.41) is 8.60. The number of hydrogen-bond acceptors (Lipinski definition) is 3. The Morgan fingerprint density at radius 2 is 2.18 bits per heavy atom. The molecule has 1 saturated heterocycles. The SMILES string of the molecule is CC(C)(C)OC(=O)N1C2C=C(CCCCC#N)CC1CCC2. The van der Waals surface area contributed by atoms with Crippen LogP contribution in [0.1, 0.15) is 72.1 Å². The molecular formula is C18H28N2O2. The number of hydrogen-bond donors (Lipinski definition) is 0. The molecule has 2 atom stereocenters. The van der Waals surface area contributed by atoms with Gasteiger partial charge in [0.1, 0.15) is 5.60 Å². The molecule has 122 valence electrons. The molecule has 0 aromatic rings. The Labute approximate surface area is 134 Å². The fourth-order valence-electron chi connectivity index (χ4n) is 3.46. The number of unbranched alkanes of at least 4 members (excludes halogenated alkanes) is 2. The minimum atomic E-state index is -0.438. The molecule has 1 fully saturated rings. The highest BCUT2D eigenvalue weighted by Crippen LogP contribution is 2.35. The van der Waals surface area contributed by atoms with Gasteiger partial charge in [-0.2, -0.15) is 5.26 Å². The van der Waals surface area contributed by atoms with Crippen molar-refractivity contribution in [2.45, 2.75) is 89.8 Å². The minimum absolute atomic E-state index is 0.165. The molecule has 2 heterocycles. The molecule has 0 spiro atoms. The van der Waals surface area contributed by atoms with Gasteiger partial charge >= 0.3 is 6.09 Å². The summed E-state index contributed by atoms with van der Waals surface area (Å²) < 4.78 is 5.58. The summed E-state index contributed by atoms with van der Waals surface area (Å²) in [6.45, 7) is 5.75. The van der Waals surface area contributed by atoms with E-state index in [-0.39, 0.29) is 12.1 Å². The maximum atomic E-state index is 12.5. The van der Waals surface area contributed by atoms with Crippen LogP contribution in [-0.4, -0.2) is 28.7 Å². The van der Waals surface area contributed by atoms with Gasteiger partial charge < -0.3 is 4.74 Å². The fraction of sp³-hybridized carbons (Fsp3) is 0.778. The van der Waals surface area contributed by atoms with Gasteiger partial charge in [-0.1, -0.05) is 11.6 Å². The lowest BCUT2D eigenvalue weighted by molar-refractivity contribution is -0.00159. The molecule has 0 saturated carbocycles. The van der Waals surface area contributed by atoms with Crippen molar-refractivity contribution in [1.29, 1.82) is 5.26 Å². The van der Waals surface area contributed by atoms with Crippen molar-refractivity contribution in [2.24, 2.45) is 0 Å². The summed E-state index contributed by atoms with van der Waals surface area (Å²) in [5.74, 6) is 0. The van der Waals surface area contributed by atoms with Crippen molar-refractivity contribution in [3.63, 3.8) is 0 Å². The van der Waals surface area contributed by atoms with E-state index in [1.807, 2.05) is 25.7 Å². The first kappa shape index (κ1) is 16.9. The van der Waals surface area contributed by atoms with E-state index in [9.17, 15) is 4.79 Å². The number of rotatable bonds is 4. The lowest BCUT2D eigenvalue weighted by Crippen LogP contribution is -2.53. The van der Waals surface area contributed by atoms with Gasteiger partial charge in [-0.05, 0) is 65.7 Å². The number of piperidine rings is 1. The van der Waals surface area contributed by atoms with Crippen LogP contribution >= 0.6 is 0 Å². The van der Waals surface area contributed by atoms with Crippen molar-refractivity contribution >= 4 is 6.09 Å². The van der Waals surface area contributed by atoms with Crippen LogP contribution in [-0.2, 0) is 4.74 Å². The Kier molecular flexibility index (Phi) is 5.50. The zero-order valence-corrected chi connectivity index (χ0v) is 14.1. The van der Waals surface area contributed by atoms with Crippen LogP contribution < -0.4 is 0 Å². The summed E-state index contributed by atoms with van der Waals surface area (Å²) in [6, 6.07) is 2.70. The maximum absolute atomic E-state index is 12.5. The average Bonchev–Trinajstić information content (AvgIpc) is 2.40. The first-order valence-corrected chi connectivity index (χ1v) is 8.48. The highest BCUT2D eigenvalue weighted by Gasteiger charge is 2.38. The standard InChI is InChI=1S/C18H28N2O2/c1-18(2,3)22-17(21)20-15-9-7-10-16(20)13-14(12-15)8-5-4-6-11-19/h12,15-16H,4-10,13H2,1-3H3. The molecule has 2 aliphatic rings. The summed E-state index contributed by atoms with van der Waals surface area (Å²) >= 11 is 0. The van der Waals surface area contributed by atoms with Gasteiger partial charge in [-0.25, -0.2) is 4.79 Å². The number of nitriles is 1. The molecular weight excluding hydrogens is 276 g/mol. The second-order valence-corrected chi connectivity index (χ2v) is 7.43. The van der Waals surface area contributed by atoms with Gasteiger partial charge in [0.2, 0.25) is 0 Å². The first-order chi connectivity index (χ1) is 10.4. The number of amides is 1. The van der Waals surface area contributed by atoms with Crippen molar-refractivity contribution in [1.82, 2.24) is 4.90 Å². The number of ether oxygens (including phenoxy) is 1. The third-order valence-electron chi connectivity index (χ3n) is 4.35. The molecule has 2 unspecified atom stereocenters. The highest BCUT2D eigenvalue weighted by atomic mass is 16.6. The second-order valence-electron chi connectivity index (χ2n) is 7.43. The van der Waals surface area contributed by atoms with E-state index in [0.717, 1.165) is 38.5 Å². The monoisotopic (exact) mass is 304 g/mol. The third kappa shape index (κ3) is 4.50. The van der Waals surface area contributed by atoms with Crippen molar-refractivity contribution in [2.75, 3.05) is 0 Å².